The highest BCUT2D eigenvalue weighted by atomic mass is 15.5. The molecule has 78 valence electrons. The summed E-state index contributed by atoms with van der Waals surface area (Å²) in [6.07, 6.45) is 2.50. The van der Waals surface area contributed by atoms with Gasteiger partial charge in [0, 0.05) is 12.6 Å². The van der Waals surface area contributed by atoms with Gasteiger partial charge in [-0.05, 0) is 26.4 Å². The normalized spacial score (nSPS) is 23.9. The van der Waals surface area contributed by atoms with Gasteiger partial charge in [-0.1, -0.05) is 5.21 Å². The maximum atomic E-state index is 3.90. The van der Waals surface area contributed by atoms with E-state index in [1.54, 1.807) is 0 Å². The van der Waals surface area contributed by atoms with Gasteiger partial charge in [0.2, 0.25) is 0 Å². The van der Waals surface area contributed by atoms with E-state index in [0.29, 0.717) is 12.6 Å². The summed E-state index contributed by atoms with van der Waals surface area (Å²) in [5.74, 6) is 0.734. The minimum absolute atomic E-state index is 0.562. The van der Waals surface area contributed by atoms with E-state index in [9.17, 15) is 0 Å². The largest absolute Gasteiger partial charge is 0.306 e. The predicted molar refractivity (Wildman–Crippen MR) is 51.5 cm³/mol. The first-order valence-electron chi connectivity index (χ1n) is 4.99. The van der Waals surface area contributed by atoms with Crippen LogP contribution in [-0.4, -0.2) is 51.7 Å². The Labute approximate surface area is 83.1 Å². The molecule has 0 aromatic carbocycles. The molecule has 2 rings (SSSR count). The Bertz CT molecular complexity index is 259. The second-order valence-electron chi connectivity index (χ2n) is 3.81. The summed E-state index contributed by atoms with van der Waals surface area (Å²) < 4.78 is 0. The minimum atomic E-state index is 0.562. The van der Waals surface area contributed by atoms with Crippen LogP contribution in [0, 0.1) is 0 Å². The minimum Gasteiger partial charge on any atom is -0.306 e. The number of H-pyrrole nitrogens is 1. The molecule has 14 heavy (non-hydrogen) atoms. The lowest BCUT2D eigenvalue weighted by atomic mass is 10.1. The Balaban J connectivity index is 1.75. The number of aromatic nitrogens is 4. The zero-order chi connectivity index (χ0) is 9.80. The highest BCUT2D eigenvalue weighted by Crippen LogP contribution is 2.07. The third-order valence-corrected chi connectivity index (χ3v) is 2.56. The summed E-state index contributed by atoms with van der Waals surface area (Å²) >= 11 is 0. The molecule has 0 spiro atoms. The number of likely N-dealkylation sites (N-methyl/N-ethyl adjacent to an activating group) is 1. The highest BCUT2D eigenvalue weighted by molar-refractivity contribution is 4.81. The number of likely N-dealkylation sites (tertiary alicyclic amines) is 1. The van der Waals surface area contributed by atoms with E-state index in [2.05, 4.69) is 37.9 Å². The van der Waals surface area contributed by atoms with Crippen LogP contribution in [0.1, 0.15) is 18.7 Å². The number of piperidine rings is 1. The number of tetrazole rings is 1. The Morgan fingerprint density at radius 1 is 1.64 bits per heavy atom. The Kier molecular flexibility index (Phi) is 3.05. The standard InChI is InChI=1S/C8H16N6/c1-14-4-2-3-7(6-14)9-5-8-10-12-13-11-8/h7,9H,2-6H2,1H3,(H,10,11,12,13). The van der Waals surface area contributed by atoms with Gasteiger partial charge in [0.1, 0.15) is 0 Å². The molecule has 1 saturated heterocycles. The molecule has 1 aromatic rings. The van der Waals surface area contributed by atoms with Gasteiger partial charge in [-0.2, -0.15) is 5.21 Å². The van der Waals surface area contributed by atoms with Crippen LogP contribution in [0.2, 0.25) is 0 Å². The van der Waals surface area contributed by atoms with E-state index in [4.69, 9.17) is 0 Å². The molecular formula is C8H16N6. The van der Waals surface area contributed by atoms with Crippen molar-refractivity contribution in [2.45, 2.75) is 25.4 Å². The molecule has 0 bridgehead atoms. The molecule has 1 aliphatic rings. The lowest BCUT2D eigenvalue weighted by Crippen LogP contribution is -2.43. The van der Waals surface area contributed by atoms with Crippen molar-refractivity contribution in [3.63, 3.8) is 0 Å². The first-order chi connectivity index (χ1) is 6.84. The maximum Gasteiger partial charge on any atom is 0.188 e. The number of nitrogens with zero attached hydrogens (tertiary/aromatic N) is 4. The first kappa shape index (κ1) is 9.54. The van der Waals surface area contributed by atoms with Crippen LogP contribution < -0.4 is 5.32 Å². The molecule has 6 nitrogen and oxygen atoms in total. The van der Waals surface area contributed by atoms with Gasteiger partial charge in [-0.15, -0.1) is 10.2 Å². The lowest BCUT2D eigenvalue weighted by molar-refractivity contribution is 0.226. The van der Waals surface area contributed by atoms with Crippen LogP contribution in [0.15, 0.2) is 0 Å². The zero-order valence-corrected chi connectivity index (χ0v) is 8.40. The number of rotatable bonds is 3. The third-order valence-electron chi connectivity index (χ3n) is 2.56. The molecule has 0 saturated carbocycles. The zero-order valence-electron chi connectivity index (χ0n) is 8.40. The van der Waals surface area contributed by atoms with E-state index in [0.717, 1.165) is 12.4 Å². The molecule has 1 aliphatic heterocycles. The van der Waals surface area contributed by atoms with Crippen molar-refractivity contribution in [1.82, 2.24) is 30.8 Å². The van der Waals surface area contributed by atoms with E-state index >= 15 is 0 Å². The van der Waals surface area contributed by atoms with Gasteiger partial charge in [0.15, 0.2) is 5.82 Å². The highest BCUT2D eigenvalue weighted by Gasteiger charge is 2.16. The molecule has 1 unspecified atom stereocenters. The van der Waals surface area contributed by atoms with Gasteiger partial charge in [-0.3, -0.25) is 0 Å². The molecular weight excluding hydrogens is 180 g/mol. The third kappa shape index (κ3) is 2.49. The molecule has 2 N–H and O–H groups in total. The fourth-order valence-electron chi connectivity index (χ4n) is 1.83. The molecule has 6 heteroatoms. The summed E-state index contributed by atoms with van der Waals surface area (Å²) in [7, 11) is 2.15. The maximum absolute atomic E-state index is 3.90. The predicted octanol–water partition coefficient (Wildman–Crippen LogP) is -0.616. The van der Waals surface area contributed by atoms with Crippen LogP contribution in [-0.2, 0) is 6.54 Å². The van der Waals surface area contributed by atoms with Crippen molar-refractivity contribution >= 4 is 0 Å². The van der Waals surface area contributed by atoms with Crippen LogP contribution in [0.3, 0.4) is 0 Å². The molecule has 1 aromatic heterocycles. The van der Waals surface area contributed by atoms with Gasteiger partial charge >= 0.3 is 0 Å². The van der Waals surface area contributed by atoms with Crippen LogP contribution in [0.5, 0.6) is 0 Å². The van der Waals surface area contributed by atoms with Crippen LogP contribution >= 0.6 is 0 Å². The fraction of sp³-hybridized carbons (Fsp3) is 0.875. The Morgan fingerprint density at radius 3 is 3.29 bits per heavy atom. The van der Waals surface area contributed by atoms with Crippen LogP contribution in [0.25, 0.3) is 0 Å². The molecule has 2 heterocycles. The molecule has 0 radical (unpaired) electrons. The van der Waals surface area contributed by atoms with Crippen molar-refractivity contribution in [1.29, 1.82) is 0 Å². The fourth-order valence-corrected chi connectivity index (χ4v) is 1.83. The second-order valence-corrected chi connectivity index (χ2v) is 3.81. The lowest BCUT2D eigenvalue weighted by Gasteiger charge is -2.29. The van der Waals surface area contributed by atoms with Gasteiger partial charge in [-0.25, -0.2) is 0 Å². The Morgan fingerprint density at radius 2 is 2.57 bits per heavy atom. The van der Waals surface area contributed by atoms with Crippen molar-refractivity contribution in [2.24, 2.45) is 0 Å². The summed E-state index contributed by atoms with van der Waals surface area (Å²) in [5, 5.41) is 17.2. The quantitative estimate of drug-likeness (QED) is 0.674. The van der Waals surface area contributed by atoms with Gasteiger partial charge < -0.3 is 10.2 Å². The number of aromatic amines is 1. The van der Waals surface area contributed by atoms with E-state index in [1.165, 1.54) is 19.4 Å². The molecule has 1 fully saturated rings. The average molecular weight is 196 g/mol. The molecule has 0 aliphatic carbocycles. The number of hydrogen-bond donors (Lipinski definition) is 2. The molecule has 0 amide bonds. The summed E-state index contributed by atoms with van der Waals surface area (Å²) in [4.78, 5) is 2.34. The summed E-state index contributed by atoms with van der Waals surface area (Å²) in [6.45, 7) is 3.02. The number of nitrogens with one attached hydrogen (secondary N) is 2. The topological polar surface area (TPSA) is 69.7 Å². The SMILES string of the molecule is CN1CCCC(NCc2nn[nH]n2)C1. The van der Waals surface area contributed by atoms with Gasteiger partial charge in [0.05, 0.1) is 6.54 Å². The van der Waals surface area contributed by atoms with Crippen LogP contribution in [0.4, 0.5) is 0 Å². The van der Waals surface area contributed by atoms with Crippen molar-refractivity contribution in [3.8, 4) is 0 Å². The first-order valence-corrected chi connectivity index (χ1v) is 4.99. The van der Waals surface area contributed by atoms with Gasteiger partial charge in [0.25, 0.3) is 0 Å². The summed E-state index contributed by atoms with van der Waals surface area (Å²) in [6, 6.07) is 0.562. The van der Waals surface area contributed by atoms with E-state index in [1.807, 2.05) is 0 Å². The number of hydrogen-bond acceptors (Lipinski definition) is 5. The average Bonchev–Trinajstić information content (AvgIpc) is 2.67. The molecule has 1 atom stereocenters. The van der Waals surface area contributed by atoms with E-state index < -0.39 is 0 Å². The van der Waals surface area contributed by atoms with Crippen molar-refractivity contribution < 1.29 is 0 Å². The summed E-state index contributed by atoms with van der Waals surface area (Å²) in [5.41, 5.74) is 0. The van der Waals surface area contributed by atoms with E-state index in [-0.39, 0.29) is 0 Å². The Hall–Kier alpha value is -1.01. The van der Waals surface area contributed by atoms with Crippen molar-refractivity contribution in [3.05, 3.63) is 5.82 Å². The van der Waals surface area contributed by atoms with Crippen molar-refractivity contribution in [2.75, 3.05) is 20.1 Å². The monoisotopic (exact) mass is 196 g/mol. The smallest absolute Gasteiger partial charge is 0.188 e. The second kappa shape index (κ2) is 4.47.